The quantitative estimate of drug-likeness (QED) is 0.769. The minimum Gasteiger partial charge on any atom is -0.352 e. The normalized spacial score (nSPS) is 20.3. The summed E-state index contributed by atoms with van der Waals surface area (Å²) in [5.74, 6) is 0.373. The van der Waals surface area contributed by atoms with Gasteiger partial charge in [-0.15, -0.1) is 0 Å². The Morgan fingerprint density at radius 3 is 2.57 bits per heavy atom. The van der Waals surface area contributed by atoms with Crippen LogP contribution in [-0.4, -0.2) is 45.0 Å². The topological polar surface area (TPSA) is 75.3 Å². The molecule has 1 aliphatic heterocycles. The summed E-state index contributed by atoms with van der Waals surface area (Å²) < 4.78 is 22.6. The first-order valence-corrected chi connectivity index (χ1v) is 9.14. The van der Waals surface area contributed by atoms with Crippen molar-refractivity contribution in [2.45, 2.75) is 18.9 Å². The Hall–Kier alpha value is -1.11. The fourth-order valence-corrected chi connectivity index (χ4v) is 4.09. The second kappa shape index (κ2) is 7.24. The molecule has 0 spiro atoms. The van der Waals surface area contributed by atoms with E-state index in [1.807, 2.05) is 0 Å². The highest BCUT2D eigenvalue weighted by Gasteiger charge is 2.26. The summed E-state index contributed by atoms with van der Waals surface area (Å²) in [6, 6.07) is 6.78. The van der Waals surface area contributed by atoms with E-state index in [4.69, 9.17) is 11.6 Å². The van der Waals surface area contributed by atoms with Crippen LogP contribution in [0.25, 0.3) is 0 Å². The molecule has 1 heterocycles. The van der Waals surface area contributed by atoms with Crippen molar-refractivity contribution < 1.29 is 13.2 Å². The summed E-state index contributed by atoms with van der Waals surface area (Å²) in [5.41, 5.74) is 0.578. The molecule has 1 atom stereocenters. The van der Waals surface area contributed by atoms with Crippen LogP contribution in [0.3, 0.4) is 0 Å². The summed E-state index contributed by atoms with van der Waals surface area (Å²) in [7, 11) is -2.83. The molecule has 2 N–H and O–H groups in total. The first kappa shape index (κ1) is 16.3. The van der Waals surface area contributed by atoms with E-state index in [-0.39, 0.29) is 23.5 Å². The van der Waals surface area contributed by atoms with Gasteiger partial charge in [0.05, 0.1) is 11.5 Å². The molecule has 2 rings (SSSR count). The number of rotatable bonds is 6. The molecule has 7 heteroatoms. The summed E-state index contributed by atoms with van der Waals surface area (Å²) in [6.45, 7) is 1.25. The van der Waals surface area contributed by atoms with E-state index < -0.39 is 9.84 Å². The highest BCUT2D eigenvalue weighted by Crippen LogP contribution is 2.11. The van der Waals surface area contributed by atoms with Gasteiger partial charge in [0.1, 0.15) is 0 Å². The minimum atomic E-state index is -2.83. The van der Waals surface area contributed by atoms with Crippen molar-refractivity contribution in [3.8, 4) is 0 Å². The maximum atomic E-state index is 11.8. The first-order valence-electron chi connectivity index (χ1n) is 6.94. The van der Waals surface area contributed by atoms with E-state index in [2.05, 4.69) is 10.6 Å². The summed E-state index contributed by atoms with van der Waals surface area (Å²) in [6.07, 6.45) is 1.44. The van der Waals surface area contributed by atoms with Gasteiger partial charge in [-0.2, -0.15) is 0 Å². The highest BCUT2D eigenvalue weighted by molar-refractivity contribution is 7.91. The molecule has 1 aliphatic rings. The van der Waals surface area contributed by atoms with Crippen LogP contribution in [0.1, 0.15) is 23.2 Å². The van der Waals surface area contributed by atoms with Crippen molar-refractivity contribution in [2.24, 2.45) is 0 Å². The zero-order chi connectivity index (χ0) is 15.3. The number of carbonyl (C=O) groups is 1. The van der Waals surface area contributed by atoms with Gasteiger partial charge < -0.3 is 10.6 Å². The molecule has 1 fully saturated rings. The molecule has 0 aromatic heterocycles. The molecular weight excluding hydrogens is 312 g/mol. The second-order valence-corrected chi connectivity index (χ2v) is 7.84. The van der Waals surface area contributed by atoms with Crippen LogP contribution in [0.5, 0.6) is 0 Å². The summed E-state index contributed by atoms with van der Waals surface area (Å²) in [4.78, 5) is 11.8. The van der Waals surface area contributed by atoms with Crippen LogP contribution in [0, 0.1) is 0 Å². The predicted octanol–water partition coefficient (Wildman–Crippen LogP) is 1.24. The fourth-order valence-electron chi connectivity index (χ4n) is 2.26. The molecule has 21 heavy (non-hydrogen) atoms. The van der Waals surface area contributed by atoms with Gasteiger partial charge >= 0.3 is 0 Å². The number of amides is 1. The molecule has 0 radical (unpaired) electrons. The zero-order valence-electron chi connectivity index (χ0n) is 11.6. The average molecular weight is 331 g/mol. The molecule has 1 unspecified atom stereocenters. The van der Waals surface area contributed by atoms with Crippen molar-refractivity contribution in [2.75, 3.05) is 24.6 Å². The number of sulfone groups is 1. The van der Waals surface area contributed by atoms with E-state index in [0.29, 0.717) is 30.1 Å². The number of hydrogen-bond donors (Lipinski definition) is 2. The van der Waals surface area contributed by atoms with Gasteiger partial charge in [0.2, 0.25) is 0 Å². The van der Waals surface area contributed by atoms with Gasteiger partial charge in [0, 0.05) is 23.2 Å². The Morgan fingerprint density at radius 2 is 1.95 bits per heavy atom. The fraction of sp³-hybridized carbons (Fsp3) is 0.500. The number of hydrogen-bond acceptors (Lipinski definition) is 4. The van der Waals surface area contributed by atoms with E-state index in [1.54, 1.807) is 24.3 Å². The van der Waals surface area contributed by atoms with Gasteiger partial charge in [0.25, 0.3) is 5.91 Å². The van der Waals surface area contributed by atoms with Crippen molar-refractivity contribution in [3.63, 3.8) is 0 Å². The zero-order valence-corrected chi connectivity index (χ0v) is 13.2. The number of nitrogens with one attached hydrogen (secondary N) is 2. The third-order valence-corrected chi connectivity index (χ3v) is 5.43. The Labute approximate surface area is 130 Å². The smallest absolute Gasteiger partial charge is 0.251 e. The van der Waals surface area contributed by atoms with E-state index in [1.165, 1.54) is 0 Å². The number of carbonyl (C=O) groups excluding carboxylic acids is 1. The maximum absolute atomic E-state index is 11.8. The van der Waals surface area contributed by atoms with Gasteiger partial charge in [-0.3, -0.25) is 4.79 Å². The molecule has 5 nitrogen and oxygen atoms in total. The molecule has 1 aromatic carbocycles. The minimum absolute atomic E-state index is 0.0574. The lowest BCUT2D eigenvalue weighted by atomic mass is 10.2. The molecule has 1 amide bonds. The van der Waals surface area contributed by atoms with E-state index in [9.17, 15) is 13.2 Å². The van der Waals surface area contributed by atoms with Gasteiger partial charge in [-0.05, 0) is 43.7 Å². The van der Waals surface area contributed by atoms with Crippen LogP contribution in [0.2, 0.25) is 5.02 Å². The van der Waals surface area contributed by atoms with Crippen LogP contribution in [0.15, 0.2) is 24.3 Å². The lowest BCUT2D eigenvalue weighted by Gasteiger charge is -2.10. The molecule has 0 bridgehead atoms. The third kappa shape index (κ3) is 5.30. The predicted molar refractivity (Wildman–Crippen MR) is 83.5 cm³/mol. The maximum Gasteiger partial charge on any atom is 0.251 e. The molecule has 0 aliphatic carbocycles. The van der Waals surface area contributed by atoms with Gasteiger partial charge in [-0.25, -0.2) is 8.42 Å². The average Bonchev–Trinajstić information content (AvgIpc) is 2.78. The number of benzene rings is 1. The molecule has 0 saturated carbocycles. The molecule has 116 valence electrons. The monoisotopic (exact) mass is 330 g/mol. The largest absolute Gasteiger partial charge is 0.352 e. The van der Waals surface area contributed by atoms with Crippen LogP contribution < -0.4 is 10.6 Å². The Kier molecular flexibility index (Phi) is 5.61. The number of halogens is 1. The van der Waals surface area contributed by atoms with E-state index >= 15 is 0 Å². The lowest BCUT2D eigenvalue weighted by molar-refractivity contribution is 0.0953. The Balaban J connectivity index is 1.62. The van der Waals surface area contributed by atoms with Crippen molar-refractivity contribution in [3.05, 3.63) is 34.9 Å². The second-order valence-electron chi connectivity index (χ2n) is 5.17. The van der Waals surface area contributed by atoms with Crippen molar-refractivity contribution in [1.82, 2.24) is 10.6 Å². The summed E-state index contributed by atoms with van der Waals surface area (Å²) >= 11 is 5.76. The van der Waals surface area contributed by atoms with Crippen molar-refractivity contribution >= 4 is 27.3 Å². The van der Waals surface area contributed by atoms with Crippen molar-refractivity contribution in [1.29, 1.82) is 0 Å². The van der Waals surface area contributed by atoms with Gasteiger partial charge in [0.15, 0.2) is 9.84 Å². The third-order valence-electron chi connectivity index (χ3n) is 3.41. The standard InChI is InChI=1S/C14H19ClN2O3S/c15-12-4-2-11(3-5-12)14(18)17-8-1-7-16-13-6-9-21(19,20)10-13/h2-5,13,16H,1,6-10H2,(H,17,18). The molecular formula is C14H19ClN2O3S. The SMILES string of the molecule is O=C(NCCCNC1CCS(=O)(=O)C1)c1ccc(Cl)cc1. The summed E-state index contributed by atoms with van der Waals surface area (Å²) in [5, 5.41) is 6.63. The van der Waals surface area contributed by atoms with Crippen LogP contribution in [0.4, 0.5) is 0 Å². The highest BCUT2D eigenvalue weighted by atomic mass is 35.5. The van der Waals surface area contributed by atoms with Gasteiger partial charge in [-0.1, -0.05) is 11.6 Å². The lowest BCUT2D eigenvalue weighted by Crippen LogP contribution is -2.33. The van der Waals surface area contributed by atoms with Crippen LogP contribution >= 0.6 is 11.6 Å². The Morgan fingerprint density at radius 1 is 1.24 bits per heavy atom. The molecule has 1 saturated heterocycles. The first-order chi connectivity index (χ1) is 9.96. The van der Waals surface area contributed by atoms with Crippen LogP contribution in [-0.2, 0) is 9.84 Å². The molecule has 1 aromatic rings. The Bertz CT molecular complexity index is 587. The van der Waals surface area contributed by atoms with E-state index in [0.717, 1.165) is 6.42 Å².